The van der Waals surface area contributed by atoms with Crippen LogP contribution in [0.15, 0.2) is 30.3 Å². The number of benzene rings is 1. The fraction of sp³-hybridized carbons (Fsp3) is 0.500. The van der Waals surface area contributed by atoms with Crippen LogP contribution in [0.5, 0.6) is 0 Å². The number of nitrogens with zero attached hydrogens (tertiary/aromatic N) is 1. The molecule has 1 atom stereocenters. The van der Waals surface area contributed by atoms with E-state index in [0.29, 0.717) is 26.2 Å². The standard InChI is InChI=1S/C18H26N4O3/c19-8-9-20-18(25)15-7-4-10-22(13-15)17(24)12-21-16(23)11-14-5-2-1-3-6-14/h1-3,5-6,15H,4,7-13,19H2,(H,20,25)(H,21,23). The summed E-state index contributed by atoms with van der Waals surface area (Å²) in [5, 5.41) is 5.43. The van der Waals surface area contributed by atoms with Crippen molar-refractivity contribution in [3.8, 4) is 0 Å². The van der Waals surface area contributed by atoms with Crippen molar-refractivity contribution in [1.82, 2.24) is 15.5 Å². The second-order valence-corrected chi connectivity index (χ2v) is 6.20. The van der Waals surface area contributed by atoms with Crippen molar-refractivity contribution in [3.05, 3.63) is 35.9 Å². The molecule has 25 heavy (non-hydrogen) atoms. The quantitative estimate of drug-likeness (QED) is 0.628. The summed E-state index contributed by atoms with van der Waals surface area (Å²) < 4.78 is 0. The molecule has 3 amide bonds. The van der Waals surface area contributed by atoms with Crippen LogP contribution in [0, 0.1) is 5.92 Å². The Morgan fingerprint density at radius 3 is 2.64 bits per heavy atom. The zero-order chi connectivity index (χ0) is 18.1. The molecule has 7 heteroatoms. The van der Waals surface area contributed by atoms with Gasteiger partial charge < -0.3 is 21.3 Å². The van der Waals surface area contributed by atoms with Crippen LogP contribution < -0.4 is 16.4 Å². The van der Waals surface area contributed by atoms with E-state index in [4.69, 9.17) is 5.73 Å². The third-order valence-electron chi connectivity index (χ3n) is 4.23. The molecule has 1 aromatic rings. The lowest BCUT2D eigenvalue weighted by Crippen LogP contribution is -2.48. The zero-order valence-electron chi connectivity index (χ0n) is 14.4. The molecule has 1 unspecified atom stereocenters. The Balaban J connectivity index is 1.76. The van der Waals surface area contributed by atoms with E-state index >= 15 is 0 Å². The maximum Gasteiger partial charge on any atom is 0.241 e. The molecule has 1 aliphatic heterocycles. The van der Waals surface area contributed by atoms with Gasteiger partial charge in [0.05, 0.1) is 18.9 Å². The molecule has 1 heterocycles. The molecule has 0 aliphatic carbocycles. The lowest BCUT2D eigenvalue weighted by atomic mass is 9.97. The van der Waals surface area contributed by atoms with Crippen LogP contribution in [-0.4, -0.2) is 55.3 Å². The van der Waals surface area contributed by atoms with Gasteiger partial charge in [0.1, 0.15) is 0 Å². The molecule has 4 N–H and O–H groups in total. The van der Waals surface area contributed by atoms with E-state index in [1.165, 1.54) is 0 Å². The number of likely N-dealkylation sites (tertiary alicyclic amines) is 1. The minimum Gasteiger partial charge on any atom is -0.355 e. The van der Waals surface area contributed by atoms with Crippen LogP contribution in [0.4, 0.5) is 0 Å². The fourth-order valence-electron chi connectivity index (χ4n) is 2.89. The summed E-state index contributed by atoms with van der Waals surface area (Å²) >= 11 is 0. The number of carbonyl (C=O) groups is 3. The number of amides is 3. The second kappa shape index (κ2) is 9.78. The molecule has 7 nitrogen and oxygen atoms in total. The van der Waals surface area contributed by atoms with Gasteiger partial charge in [0.15, 0.2) is 0 Å². The van der Waals surface area contributed by atoms with E-state index in [1.54, 1.807) is 4.90 Å². The van der Waals surface area contributed by atoms with Crippen molar-refractivity contribution in [3.63, 3.8) is 0 Å². The molecule has 1 saturated heterocycles. The van der Waals surface area contributed by atoms with E-state index in [2.05, 4.69) is 10.6 Å². The van der Waals surface area contributed by atoms with Gasteiger partial charge in [-0.25, -0.2) is 0 Å². The smallest absolute Gasteiger partial charge is 0.241 e. The minimum absolute atomic E-state index is 0.0389. The molecular weight excluding hydrogens is 320 g/mol. The minimum atomic E-state index is -0.204. The Kier molecular flexibility index (Phi) is 7.40. The van der Waals surface area contributed by atoms with Crippen molar-refractivity contribution in [2.24, 2.45) is 11.7 Å². The number of hydrogen-bond acceptors (Lipinski definition) is 4. The fourth-order valence-corrected chi connectivity index (χ4v) is 2.89. The first-order valence-electron chi connectivity index (χ1n) is 8.66. The summed E-state index contributed by atoms with van der Waals surface area (Å²) in [6.45, 7) is 1.81. The van der Waals surface area contributed by atoms with Crippen LogP contribution in [-0.2, 0) is 20.8 Å². The number of hydrogen-bond donors (Lipinski definition) is 3. The van der Waals surface area contributed by atoms with E-state index < -0.39 is 0 Å². The van der Waals surface area contributed by atoms with Crippen LogP contribution in [0.2, 0.25) is 0 Å². The summed E-state index contributed by atoms with van der Waals surface area (Å²) in [5.41, 5.74) is 6.29. The average Bonchev–Trinajstić information content (AvgIpc) is 2.65. The number of rotatable bonds is 7. The van der Waals surface area contributed by atoms with Crippen molar-refractivity contribution in [2.45, 2.75) is 19.3 Å². The zero-order valence-corrected chi connectivity index (χ0v) is 14.4. The molecule has 0 bridgehead atoms. The van der Waals surface area contributed by atoms with Gasteiger partial charge in [-0.3, -0.25) is 14.4 Å². The first-order valence-corrected chi connectivity index (χ1v) is 8.66. The third kappa shape index (κ3) is 6.19. The number of carbonyl (C=O) groups excluding carboxylic acids is 3. The molecule has 0 radical (unpaired) electrons. The summed E-state index contributed by atoms with van der Waals surface area (Å²) in [7, 11) is 0. The highest BCUT2D eigenvalue weighted by molar-refractivity contribution is 5.86. The van der Waals surface area contributed by atoms with Gasteiger partial charge in [-0.15, -0.1) is 0 Å². The summed E-state index contributed by atoms with van der Waals surface area (Å²) in [4.78, 5) is 37.9. The molecular formula is C18H26N4O3. The van der Waals surface area contributed by atoms with Crippen LogP contribution in [0.25, 0.3) is 0 Å². The van der Waals surface area contributed by atoms with Gasteiger partial charge in [-0.1, -0.05) is 30.3 Å². The molecule has 136 valence electrons. The number of piperidine rings is 1. The van der Waals surface area contributed by atoms with Gasteiger partial charge in [0.2, 0.25) is 17.7 Å². The predicted molar refractivity (Wildman–Crippen MR) is 94.5 cm³/mol. The van der Waals surface area contributed by atoms with Gasteiger partial charge >= 0.3 is 0 Å². The average molecular weight is 346 g/mol. The SMILES string of the molecule is NCCNC(=O)C1CCCN(C(=O)CNC(=O)Cc2ccccc2)C1. The molecule has 0 spiro atoms. The number of nitrogens with one attached hydrogen (secondary N) is 2. The second-order valence-electron chi connectivity index (χ2n) is 6.20. The van der Waals surface area contributed by atoms with Gasteiger partial charge in [-0.05, 0) is 18.4 Å². The Labute approximate surface area is 147 Å². The van der Waals surface area contributed by atoms with E-state index in [0.717, 1.165) is 18.4 Å². The largest absolute Gasteiger partial charge is 0.355 e. The van der Waals surface area contributed by atoms with Gasteiger partial charge in [-0.2, -0.15) is 0 Å². The topological polar surface area (TPSA) is 105 Å². The Bertz CT molecular complexity index is 591. The number of nitrogens with two attached hydrogens (primary N) is 1. The first-order chi connectivity index (χ1) is 12.1. The Hall–Kier alpha value is -2.41. The van der Waals surface area contributed by atoms with Gasteiger partial charge in [0.25, 0.3) is 0 Å². The van der Waals surface area contributed by atoms with Crippen molar-refractivity contribution < 1.29 is 14.4 Å². The molecule has 0 saturated carbocycles. The lowest BCUT2D eigenvalue weighted by molar-refractivity contribution is -0.136. The van der Waals surface area contributed by atoms with E-state index in [1.807, 2.05) is 30.3 Å². The van der Waals surface area contributed by atoms with Crippen molar-refractivity contribution in [2.75, 3.05) is 32.7 Å². The highest BCUT2D eigenvalue weighted by Crippen LogP contribution is 2.16. The monoisotopic (exact) mass is 346 g/mol. The van der Waals surface area contributed by atoms with Gasteiger partial charge in [0, 0.05) is 26.2 Å². The Morgan fingerprint density at radius 1 is 1.16 bits per heavy atom. The first kappa shape index (κ1) is 18.9. The van der Waals surface area contributed by atoms with E-state index in [9.17, 15) is 14.4 Å². The molecule has 1 aromatic carbocycles. The molecule has 2 rings (SSSR count). The molecule has 1 fully saturated rings. The summed E-state index contributed by atoms with van der Waals surface area (Å²) in [6, 6.07) is 9.38. The normalized spacial score (nSPS) is 17.0. The predicted octanol–water partition coefficient (Wildman–Crippen LogP) is -0.341. The van der Waals surface area contributed by atoms with Crippen molar-refractivity contribution in [1.29, 1.82) is 0 Å². The van der Waals surface area contributed by atoms with Crippen LogP contribution in [0.3, 0.4) is 0 Å². The van der Waals surface area contributed by atoms with Crippen LogP contribution >= 0.6 is 0 Å². The summed E-state index contributed by atoms with van der Waals surface area (Å²) in [5.74, 6) is -0.605. The molecule has 1 aliphatic rings. The summed E-state index contributed by atoms with van der Waals surface area (Å²) in [6.07, 6.45) is 1.79. The highest BCUT2D eigenvalue weighted by atomic mass is 16.2. The van der Waals surface area contributed by atoms with Crippen molar-refractivity contribution >= 4 is 17.7 Å². The molecule has 0 aromatic heterocycles. The Morgan fingerprint density at radius 2 is 1.92 bits per heavy atom. The maximum atomic E-state index is 12.3. The highest BCUT2D eigenvalue weighted by Gasteiger charge is 2.28. The third-order valence-corrected chi connectivity index (χ3v) is 4.23. The van der Waals surface area contributed by atoms with Crippen LogP contribution in [0.1, 0.15) is 18.4 Å². The maximum absolute atomic E-state index is 12.3. The lowest BCUT2D eigenvalue weighted by Gasteiger charge is -2.32. The van der Waals surface area contributed by atoms with E-state index in [-0.39, 0.29) is 36.6 Å².